The van der Waals surface area contributed by atoms with Crippen molar-refractivity contribution in [3.05, 3.63) is 53.9 Å². The number of thioether (sulfide) groups is 1. The van der Waals surface area contributed by atoms with Gasteiger partial charge < -0.3 is 9.84 Å². The third-order valence-electron chi connectivity index (χ3n) is 3.62. The van der Waals surface area contributed by atoms with Crippen LogP contribution >= 0.6 is 11.8 Å². The fourth-order valence-electron chi connectivity index (χ4n) is 2.40. The molecule has 2 heterocycles. The molecule has 8 heteroatoms. The van der Waals surface area contributed by atoms with Gasteiger partial charge in [-0.1, -0.05) is 16.9 Å². The van der Waals surface area contributed by atoms with E-state index in [2.05, 4.69) is 20.4 Å². The lowest BCUT2D eigenvalue weighted by atomic mass is 10.2. The Morgan fingerprint density at radius 3 is 2.80 bits per heavy atom. The molecule has 1 N–H and O–H groups in total. The van der Waals surface area contributed by atoms with Crippen LogP contribution in [0, 0.1) is 6.92 Å². The first-order valence-electron chi connectivity index (χ1n) is 7.92. The third-order valence-corrected chi connectivity index (χ3v) is 4.29. The first-order valence-corrected chi connectivity index (χ1v) is 9.15. The molecule has 1 amide bonds. The molecule has 1 aromatic carbocycles. The molecule has 7 nitrogen and oxygen atoms in total. The number of carbonyl (C=O) groups excluding carboxylic acids is 1. The number of aromatic nitrogens is 4. The maximum absolute atomic E-state index is 12.2. The maximum atomic E-state index is 12.2. The van der Waals surface area contributed by atoms with Gasteiger partial charge in [-0.25, -0.2) is 4.98 Å². The van der Waals surface area contributed by atoms with Crippen LogP contribution < -0.4 is 5.32 Å². The minimum absolute atomic E-state index is 0.0935. The molecule has 0 spiro atoms. The van der Waals surface area contributed by atoms with Crippen molar-refractivity contribution in [1.29, 1.82) is 0 Å². The minimum Gasteiger partial charge on any atom is -0.352 e. The van der Waals surface area contributed by atoms with E-state index in [1.807, 2.05) is 41.3 Å². The normalized spacial score (nSPS) is 10.8. The zero-order valence-corrected chi connectivity index (χ0v) is 14.9. The van der Waals surface area contributed by atoms with E-state index in [0.717, 1.165) is 17.3 Å². The monoisotopic (exact) mass is 357 g/mol. The summed E-state index contributed by atoms with van der Waals surface area (Å²) in [4.78, 5) is 20.6. The fraction of sp³-hybridized carbons (Fsp3) is 0.294. The van der Waals surface area contributed by atoms with Gasteiger partial charge in [0.15, 0.2) is 11.0 Å². The molecule has 0 aliphatic carbocycles. The largest absolute Gasteiger partial charge is 0.352 e. The summed E-state index contributed by atoms with van der Waals surface area (Å²) in [5, 5.41) is 7.55. The van der Waals surface area contributed by atoms with Gasteiger partial charge in [0, 0.05) is 36.6 Å². The molecule has 0 saturated heterocycles. The number of benzene rings is 1. The number of imidazole rings is 1. The highest BCUT2D eigenvalue weighted by Gasteiger charge is 2.08. The van der Waals surface area contributed by atoms with Crippen molar-refractivity contribution in [1.82, 2.24) is 25.0 Å². The van der Waals surface area contributed by atoms with E-state index >= 15 is 0 Å². The van der Waals surface area contributed by atoms with Gasteiger partial charge in [-0.3, -0.25) is 9.36 Å². The lowest BCUT2D eigenvalue weighted by Gasteiger charge is -2.08. The number of nitrogens with zero attached hydrogens (tertiary/aromatic N) is 4. The molecule has 0 aliphatic heterocycles. The number of nitrogens with one attached hydrogen (secondary N) is 1. The van der Waals surface area contributed by atoms with E-state index in [0.29, 0.717) is 30.2 Å². The summed E-state index contributed by atoms with van der Waals surface area (Å²) in [7, 11) is 0. The lowest BCUT2D eigenvalue weighted by molar-refractivity contribution is 0.0953. The Hall–Kier alpha value is -2.61. The van der Waals surface area contributed by atoms with Crippen molar-refractivity contribution in [2.45, 2.75) is 24.9 Å². The standard InChI is InChI=1S/C17H19N5O2S/c1-12-20-15(24-21-12)4-3-9-18-16(23)13-5-7-14(8-6-13)22-11-10-19-17(22)25-2/h5-8,10-11H,3-4,9H2,1-2H3,(H,18,23). The van der Waals surface area contributed by atoms with Gasteiger partial charge in [0.25, 0.3) is 5.91 Å². The van der Waals surface area contributed by atoms with Crippen LogP contribution in [0.15, 0.2) is 46.3 Å². The summed E-state index contributed by atoms with van der Waals surface area (Å²) >= 11 is 1.58. The van der Waals surface area contributed by atoms with Crippen LogP contribution in [0.5, 0.6) is 0 Å². The van der Waals surface area contributed by atoms with Crippen molar-refractivity contribution in [2.24, 2.45) is 0 Å². The SMILES string of the molecule is CSc1nccn1-c1ccc(C(=O)NCCCc2nc(C)no2)cc1. The molecule has 0 aliphatic rings. The quantitative estimate of drug-likeness (QED) is 0.517. The zero-order chi connectivity index (χ0) is 17.6. The third kappa shape index (κ3) is 4.27. The second-order valence-corrected chi connectivity index (χ2v) is 6.20. The van der Waals surface area contributed by atoms with Gasteiger partial charge >= 0.3 is 0 Å². The summed E-state index contributed by atoms with van der Waals surface area (Å²) in [6, 6.07) is 7.46. The van der Waals surface area contributed by atoms with E-state index < -0.39 is 0 Å². The van der Waals surface area contributed by atoms with Gasteiger partial charge in [-0.15, -0.1) is 0 Å². The van der Waals surface area contributed by atoms with Crippen LogP contribution in [0.3, 0.4) is 0 Å². The summed E-state index contributed by atoms with van der Waals surface area (Å²) in [5.74, 6) is 1.13. The number of hydrogen-bond acceptors (Lipinski definition) is 6. The molecule has 0 bridgehead atoms. The van der Waals surface area contributed by atoms with Crippen molar-refractivity contribution in [2.75, 3.05) is 12.8 Å². The molecule has 2 aromatic heterocycles. The molecule has 0 unspecified atom stereocenters. The number of rotatable bonds is 7. The van der Waals surface area contributed by atoms with Crippen molar-refractivity contribution in [3.63, 3.8) is 0 Å². The van der Waals surface area contributed by atoms with Crippen molar-refractivity contribution in [3.8, 4) is 5.69 Å². The molecule has 0 atom stereocenters. The molecular weight excluding hydrogens is 338 g/mol. The predicted octanol–water partition coefficient (Wildman–Crippen LogP) is 2.65. The molecule has 3 aromatic rings. The van der Waals surface area contributed by atoms with Crippen LogP contribution in [-0.2, 0) is 6.42 Å². The Morgan fingerprint density at radius 2 is 2.12 bits per heavy atom. The molecule has 25 heavy (non-hydrogen) atoms. The summed E-state index contributed by atoms with van der Waals surface area (Å²) < 4.78 is 7.03. The molecule has 3 rings (SSSR count). The van der Waals surface area contributed by atoms with E-state index in [-0.39, 0.29) is 5.91 Å². The average Bonchev–Trinajstić information content (AvgIpc) is 3.27. The summed E-state index contributed by atoms with van der Waals surface area (Å²) in [6.45, 7) is 2.34. The van der Waals surface area contributed by atoms with Crippen LogP contribution in [0.4, 0.5) is 0 Å². The Labute approximate surface area is 149 Å². The van der Waals surface area contributed by atoms with E-state index in [4.69, 9.17) is 4.52 Å². The molecular formula is C17H19N5O2S. The van der Waals surface area contributed by atoms with Gasteiger partial charge in [0.1, 0.15) is 0 Å². The lowest BCUT2D eigenvalue weighted by Crippen LogP contribution is -2.24. The molecule has 0 saturated carbocycles. The number of carbonyl (C=O) groups is 1. The highest BCUT2D eigenvalue weighted by Crippen LogP contribution is 2.18. The highest BCUT2D eigenvalue weighted by atomic mass is 32.2. The number of amides is 1. The van der Waals surface area contributed by atoms with Gasteiger partial charge in [0.05, 0.1) is 0 Å². The predicted molar refractivity (Wildman–Crippen MR) is 95.0 cm³/mol. The van der Waals surface area contributed by atoms with Crippen LogP contribution in [0.25, 0.3) is 5.69 Å². The van der Waals surface area contributed by atoms with Crippen molar-refractivity contribution >= 4 is 17.7 Å². The van der Waals surface area contributed by atoms with Gasteiger partial charge in [0.2, 0.25) is 5.89 Å². The zero-order valence-electron chi connectivity index (χ0n) is 14.1. The van der Waals surface area contributed by atoms with E-state index in [9.17, 15) is 4.79 Å². The van der Waals surface area contributed by atoms with E-state index in [1.54, 1.807) is 24.9 Å². The molecule has 0 radical (unpaired) electrons. The van der Waals surface area contributed by atoms with Crippen LogP contribution in [0.2, 0.25) is 0 Å². The Morgan fingerprint density at radius 1 is 1.32 bits per heavy atom. The average molecular weight is 357 g/mol. The molecule has 0 fully saturated rings. The van der Waals surface area contributed by atoms with Crippen LogP contribution in [-0.4, -0.2) is 38.4 Å². The first-order chi connectivity index (χ1) is 12.2. The fourth-order valence-corrected chi connectivity index (χ4v) is 2.93. The molecule has 130 valence electrons. The summed E-state index contributed by atoms with van der Waals surface area (Å²) in [6.07, 6.45) is 7.05. The number of aryl methyl sites for hydroxylation is 2. The highest BCUT2D eigenvalue weighted by molar-refractivity contribution is 7.98. The second kappa shape index (κ2) is 7.98. The minimum atomic E-state index is -0.0935. The van der Waals surface area contributed by atoms with Crippen LogP contribution in [0.1, 0.15) is 28.5 Å². The number of hydrogen-bond donors (Lipinski definition) is 1. The topological polar surface area (TPSA) is 85.8 Å². The van der Waals surface area contributed by atoms with Gasteiger partial charge in [-0.05, 0) is 43.9 Å². The Kier molecular flexibility index (Phi) is 5.49. The van der Waals surface area contributed by atoms with Crippen molar-refractivity contribution < 1.29 is 9.32 Å². The second-order valence-electron chi connectivity index (χ2n) is 5.43. The Balaban J connectivity index is 1.52. The first kappa shape index (κ1) is 17.2. The summed E-state index contributed by atoms with van der Waals surface area (Å²) in [5.41, 5.74) is 1.60. The van der Waals surface area contributed by atoms with Gasteiger partial charge in [-0.2, -0.15) is 4.98 Å². The Bertz CT molecular complexity index is 841. The van der Waals surface area contributed by atoms with E-state index in [1.165, 1.54) is 0 Å². The maximum Gasteiger partial charge on any atom is 0.251 e. The smallest absolute Gasteiger partial charge is 0.251 e.